The molecule has 0 aromatic rings. The van der Waals surface area contributed by atoms with E-state index >= 15 is 0 Å². The number of hydrogen-bond acceptors (Lipinski definition) is 10. The highest BCUT2D eigenvalue weighted by atomic mass is 32.3. The minimum Gasteiger partial charge on any atom is -0.394 e. The Balaban J connectivity index is 2.37. The van der Waals surface area contributed by atoms with Gasteiger partial charge in [-0.05, 0) is 44.9 Å². The van der Waals surface area contributed by atoms with Crippen LogP contribution in [0.4, 0.5) is 0 Å². The van der Waals surface area contributed by atoms with Crippen molar-refractivity contribution < 1.29 is 51.8 Å². The van der Waals surface area contributed by atoms with Crippen molar-refractivity contribution in [3.63, 3.8) is 0 Å². The normalized spacial score (nSPS) is 19.7. The van der Waals surface area contributed by atoms with Gasteiger partial charge < -0.3 is 35.2 Å². The monoisotopic (exact) mass is 1020 g/mol. The molecule has 7 unspecified atom stereocenters. The fraction of sp³-hybridized carbons (Fsp3) is 0.912. The van der Waals surface area contributed by atoms with Crippen LogP contribution in [0.3, 0.4) is 0 Å². The molecule has 1 saturated heterocycles. The molecule has 0 aromatic heterocycles. The second-order valence-corrected chi connectivity index (χ2v) is 21.6. The molecule has 13 heteroatoms. The van der Waals surface area contributed by atoms with Gasteiger partial charge in [-0.1, -0.05) is 250 Å². The molecule has 70 heavy (non-hydrogen) atoms. The fourth-order valence-electron chi connectivity index (χ4n) is 9.45. The third-order valence-electron chi connectivity index (χ3n) is 14.0. The third-order valence-corrected chi connectivity index (χ3v) is 14.4. The summed E-state index contributed by atoms with van der Waals surface area (Å²) < 4.78 is 47.8. The van der Waals surface area contributed by atoms with Crippen LogP contribution >= 0.6 is 0 Å². The lowest BCUT2D eigenvalue weighted by atomic mass is 9.99. The van der Waals surface area contributed by atoms with E-state index in [-0.39, 0.29) is 18.9 Å². The van der Waals surface area contributed by atoms with Crippen molar-refractivity contribution in [1.82, 2.24) is 5.32 Å². The van der Waals surface area contributed by atoms with Crippen LogP contribution in [0.1, 0.15) is 277 Å². The maximum atomic E-state index is 13.1. The van der Waals surface area contributed by atoms with E-state index in [1.807, 2.05) is 6.08 Å². The number of nitrogens with one attached hydrogen (secondary N) is 1. The molecule has 0 saturated carbocycles. The predicted molar refractivity (Wildman–Crippen MR) is 287 cm³/mol. The minimum absolute atomic E-state index is 0.261. The summed E-state index contributed by atoms with van der Waals surface area (Å²) in [7, 11) is -5.09. The Morgan fingerprint density at radius 3 is 1.29 bits per heavy atom. The number of hydrogen-bond donors (Lipinski definition) is 6. The molecule has 1 aliphatic rings. The second-order valence-electron chi connectivity index (χ2n) is 20.6. The van der Waals surface area contributed by atoms with Crippen molar-refractivity contribution in [3.8, 4) is 0 Å². The van der Waals surface area contributed by atoms with E-state index in [0.717, 1.165) is 57.8 Å². The molecular weight excluding hydrogens is 907 g/mol. The molecule has 1 aliphatic heterocycles. The maximum absolute atomic E-state index is 13.1. The molecule has 1 rings (SSSR count). The van der Waals surface area contributed by atoms with Crippen LogP contribution in [-0.4, -0.2) is 95.4 Å². The molecule has 12 nitrogen and oxygen atoms in total. The van der Waals surface area contributed by atoms with E-state index in [1.165, 1.54) is 193 Å². The quantitative estimate of drug-likeness (QED) is 0.0193. The average Bonchev–Trinajstić information content (AvgIpc) is 3.33. The number of rotatable bonds is 51. The number of allylic oxidation sites excluding steroid dienone is 3. The van der Waals surface area contributed by atoms with Gasteiger partial charge >= 0.3 is 10.4 Å². The summed E-state index contributed by atoms with van der Waals surface area (Å²) in [5.74, 6) is -0.267. The Kier molecular flexibility index (Phi) is 45.0. The first kappa shape index (κ1) is 66.6. The number of ether oxygens (including phenoxy) is 2. The van der Waals surface area contributed by atoms with Crippen LogP contribution in [0.2, 0.25) is 0 Å². The van der Waals surface area contributed by atoms with Gasteiger partial charge in [-0.15, -0.1) is 0 Å². The number of carbonyl (C=O) groups is 1. The van der Waals surface area contributed by atoms with Crippen molar-refractivity contribution in [3.05, 3.63) is 24.3 Å². The lowest BCUT2D eigenvalue weighted by Gasteiger charge is -2.41. The number of aliphatic hydroxyl groups is 4. The lowest BCUT2D eigenvalue weighted by Crippen LogP contribution is -2.61. The summed E-state index contributed by atoms with van der Waals surface area (Å²) in [6, 6.07) is -0.948. The molecule has 0 spiro atoms. The molecule has 0 radical (unpaired) electrons. The van der Waals surface area contributed by atoms with E-state index in [0.29, 0.717) is 6.42 Å². The van der Waals surface area contributed by atoms with Gasteiger partial charge in [-0.2, -0.15) is 8.42 Å². The van der Waals surface area contributed by atoms with Gasteiger partial charge in [0.1, 0.15) is 24.4 Å². The zero-order valence-corrected chi connectivity index (χ0v) is 45.7. The van der Waals surface area contributed by atoms with E-state index in [4.69, 9.17) is 9.47 Å². The molecule has 0 aliphatic carbocycles. The first-order valence-corrected chi connectivity index (χ1v) is 30.6. The Labute approximate surface area is 429 Å². The highest BCUT2D eigenvalue weighted by molar-refractivity contribution is 7.80. The Bertz CT molecular complexity index is 1330. The molecule has 0 aromatic carbocycles. The molecule has 1 fully saturated rings. The second kappa shape index (κ2) is 47.3. The summed E-state index contributed by atoms with van der Waals surface area (Å²) >= 11 is 0. The highest BCUT2D eigenvalue weighted by Crippen LogP contribution is 2.26. The summed E-state index contributed by atoms with van der Waals surface area (Å²) in [6.07, 6.45) is 49.4. The predicted octanol–water partition coefficient (Wildman–Crippen LogP) is 13.6. The van der Waals surface area contributed by atoms with Crippen LogP contribution in [0, 0.1) is 0 Å². The zero-order valence-electron chi connectivity index (χ0n) is 44.9. The van der Waals surface area contributed by atoms with Gasteiger partial charge in [0.25, 0.3) is 0 Å². The Hall–Kier alpha value is -1.42. The largest absolute Gasteiger partial charge is 0.397 e. The topological polar surface area (TPSA) is 192 Å². The van der Waals surface area contributed by atoms with Gasteiger partial charge in [0.05, 0.1) is 25.4 Å². The lowest BCUT2D eigenvalue weighted by molar-refractivity contribution is -0.298. The van der Waals surface area contributed by atoms with Gasteiger partial charge in [0.15, 0.2) is 6.29 Å². The molecular formula is C57H109NO11S. The SMILES string of the molecule is CCCCCCCCCCC/C=C\CCCCCCCC(=O)NC(COC1OC(CO)C(O)C(OS(=O)(=O)O)C1O)C(O)/C=C/CCCCCCCCCCCCCCCCCCCCCCCCC. The van der Waals surface area contributed by atoms with E-state index in [2.05, 4.69) is 35.5 Å². The van der Waals surface area contributed by atoms with Gasteiger partial charge in [-0.25, -0.2) is 4.18 Å². The molecule has 414 valence electrons. The molecule has 0 bridgehead atoms. The van der Waals surface area contributed by atoms with Crippen molar-refractivity contribution >= 4 is 16.3 Å². The van der Waals surface area contributed by atoms with Gasteiger partial charge in [0.2, 0.25) is 5.91 Å². The summed E-state index contributed by atoms with van der Waals surface area (Å²) in [6.45, 7) is 3.43. The van der Waals surface area contributed by atoms with Gasteiger partial charge in [0, 0.05) is 6.42 Å². The molecule has 1 heterocycles. The van der Waals surface area contributed by atoms with Crippen molar-refractivity contribution in [1.29, 1.82) is 0 Å². The Morgan fingerprint density at radius 2 is 0.914 bits per heavy atom. The van der Waals surface area contributed by atoms with Crippen LogP contribution in [-0.2, 0) is 28.9 Å². The smallest absolute Gasteiger partial charge is 0.394 e. The fourth-order valence-corrected chi connectivity index (χ4v) is 9.96. The van der Waals surface area contributed by atoms with Crippen LogP contribution in [0.5, 0.6) is 0 Å². The van der Waals surface area contributed by atoms with Crippen LogP contribution in [0.15, 0.2) is 24.3 Å². The van der Waals surface area contributed by atoms with E-state index in [1.54, 1.807) is 6.08 Å². The van der Waals surface area contributed by atoms with Gasteiger partial charge in [-0.3, -0.25) is 9.35 Å². The van der Waals surface area contributed by atoms with Crippen LogP contribution in [0.25, 0.3) is 0 Å². The average molecular weight is 1020 g/mol. The third kappa shape index (κ3) is 39.1. The zero-order chi connectivity index (χ0) is 51.2. The van der Waals surface area contributed by atoms with Crippen molar-refractivity contribution in [2.45, 2.75) is 320 Å². The maximum Gasteiger partial charge on any atom is 0.397 e. The first-order chi connectivity index (χ1) is 34.0. The number of aliphatic hydroxyl groups excluding tert-OH is 4. The Morgan fingerprint density at radius 1 is 0.557 bits per heavy atom. The molecule has 7 atom stereocenters. The molecule has 1 amide bonds. The van der Waals surface area contributed by atoms with Crippen LogP contribution < -0.4 is 5.32 Å². The number of unbranched alkanes of at least 4 members (excludes halogenated alkanes) is 37. The minimum atomic E-state index is -5.09. The summed E-state index contributed by atoms with van der Waals surface area (Å²) in [5.41, 5.74) is 0. The number of carbonyl (C=O) groups excluding carboxylic acids is 1. The summed E-state index contributed by atoms with van der Waals surface area (Å²) in [4.78, 5) is 13.1. The standard InChI is InChI=1S/C57H109NO11S/c1-3-5-7-9-11-13-15-17-19-21-23-24-25-26-27-28-29-30-32-34-36-38-40-42-44-46-51(60)50(49-67-57-55(63)56(69-70(64,65)66)54(62)52(48-59)68-57)58-53(61)47-45-43-41-39-37-35-33-31-22-20-18-16-14-12-10-8-6-4-2/h31,33,44,46,50-52,54-57,59-60,62-63H,3-30,32,34-43,45,47-49H2,1-2H3,(H,58,61)(H,64,65,66)/b33-31-,46-44+. The van der Waals surface area contributed by atoms with E-state index < -0.39 is 59.9 Å². The number of amides is 1. The first-order valence-electron chi connectivity index (χ1n) is 29.2. The summed E-state index contributed by atoms with van der Waals surface area (Å²) in [5, 5.41) is 45.0. The molecule has 6 N–H and O–H groups in total. The van der Waals surface area contributed by atoms with Crippen molar-refractivity contribution in [2.75, 3.05) is 13.2 Å². The van der Waals surface area contributed by atoms with Crippen molar-refractivity contribution in [2.24, 2.45) is 0 Å². The van der Waals surface area contributed by atoms with E-state index in [9.17, 15) is 38.2 Å². The highest BCUT2D eigenvalue weighted by Gasteiger charge is 2.48.